The number of esters is 1. The average Bonchev–Trinajstić information content (AvgIpc) is 2.61. The molecule has 0 saturated carbocycles. The van der Waals surface area contributed by atoms with E-state index in [2.05, 4.69) is 17.0 Å². The maximum absolute atomic E-state index is 11.6. The molecule has 1 unspecified atom stereocenters. The lowest BCUT2D eigenvalue weighted by Gasteiger charge is -2.15. The molecule has 5 heteroatoms. The molecular weight excluding hydrogens is 206 g/mol. The van der Waals surface area contributed by atoms with E-state index in [9.17, 15) is 4.79 Å². The van der Waals surface area contributed by atoms with Gasteiger partial charge in [0.15, 0.2) is 0 Å². The van der Waals surface area contributed by atoms with Crippen LogP contribution in [0.4, 0.5) is 0 Å². The predicted molar refractivity (Wildman–Crippen MR) is 60.9 cm³/mol. The zero-order chi connectivity index (χ0) is 12.1. The molecule has 0 bridgehead atoms. The third-order valence-electron chi connectivity index (χ3n) is 2.49. The highest BCUT2D eigenvalue weighted by Gasteiger charge is 2.23. The number of hydrogen-bond acceptors (Lipinski definition) is 4. The van der Waals surface area contributed by atoms with Gasteiger partial charge in [0.25, 0.3) is 0 Å². The molecule has 1 N–H and O–H groups in total. The Hall–Kier alpha value is -1.62. The minimum Gasteiger partial charge on any atom is -0.468 e. The van der Waals surface area contributed by atoms with E-state index in [0.717, 1.165) is 11.3 Å². The van der Waals surface area contributed by atoms with E-state index in [-0.39, 0.29) is 5.97 Å². The summed E-state index contributed by atoms with van der Waals surface area (Å²) in [5, 5.41) is 7.15. The number of aromatic nitrogens is 2. The number of hydrogen-bond donors (Lipinski definition) is 1. The van der Waals surface area contributed by atoms with Gasteiger partial charge in [-0.25, -0.2) is 4.79 Å². The number of carbonyl (C=O) groups is 1. The second-order valence-electron chi connectivity index (χ2n) is 3.46. The largest absolute Gasteiger partial charge is 0.468 e. The number of nitrogens with one attached hydrogen (secondary N) is 1. The maximum Gasteiger partial charge on any atom is 0.327 e. The molecule has 0 aromatic carbocycles. The summed E-state index contributed by atoms with van der Waals surface area (Å²) in [6.07, 6.45) is 3.37. The molecule has 0 aliphatic carbocycles. The van der Waals surface area contributed by atoms with Gasteiger partial charge in [0.1, 0.15) is 6.04 Å². The number of methoxy groups -OCH3 is 1. The van der Waals surface area contributed by atoms with Crippen molar-refractivity contribution >= 4 is 5.97 Å². The zero-order valence-corrected chi connectivity index (χ0v) is 9.86. The number of ether oxygens (including phenoxy) is 1. The van der Waals surface area contributed by atoms with Gasteiger partial charge in [0.05, 0.1) is 13.3 Å². The first-order chi connectivity index (χ1) is 7.61. The minimum atomic E-state index is -0.489. The van der Waals surface area contributed by atoms with Gasteiger partial charge in [0.2, 0.25) is 0 Å². The van der Waals surface area contributed by atoms with Crippen LogP contribution < -0.4 is 5.32 Å². The predicted octanol–water partition coefficient (Wildman–Crippen LogP) is 0.718. The van der Waals surface area contributed by atoms with Gasteiger partial charge in [0, 0.05) is 24.8 Å². The minimum absolute atomic E-state index is 0.321. The van der Waals surface area contributed by atoms with Crippen LogP contribution in [0.2, 0.25) is 0 Å². The Morgan fingerprint density at radius 1 is 1.81 bits per heavy atom. The van der Waals surface area contributed by atoms with Crippen molar-refractivity contribution in [1.82, 2.24) is 15.1 Å². The third-order valence-corrected chi connectivity index (χ3v) is 2.49. The standard InChI is InChI=1S/C11H17N3O2/c1-5-6-12-10(11(15)16-4)9-7-13-14(3)8(9)2/h5,7,10,12H,1,6H2,2-4H3. The van der Waals surface area contributed by atoms with Crippen molar-refractivity contribution in [3.8, 4) is 0 Å². The molecular formula is C11H17N3O2. The van der Waals surface area contributed by atoms with E-state index in [0.29, 0.717) is 6.54 Å². The molecule has 0 fully saturated rings. The Labute approximate surface area is 95.1 Å². The molecule has 0 aliphatic heterocycles. The summed E-state index contributed by atoms with van der Waals surface area (Å²) < 4.78 is 6.48. The van der Waals surface area contributed by atoms with E-state index in [1.807, 2.05) is 14.0 Å². The molecule has 1 aromatic rings. The highest BCUT2D eigenvalue weighted by molar-refractivity contribution is 5.77. The van der Waals surface area contributed by atoms with Crippen LogP contribution in [0.3, 0.4) is 0 Å². The van der Waals surface area contributed by atoms with Gasteiger partial charge in [-0.15, -0.1) is 6.58 Å². The quantitative estimate of drug-likeness (QED) is 0.590. The lowest BCUT2D eigenvalue weighted by Crippen LogP contribution is -2.30. The first-order valence-electron chi connectivity index (χ1n) is 5.02. The molecule has 16 heavy (non-hydrogen) atoms. The first-order valence-corrected chi connectivity index (χ1v) is 5.02. The van der Waals surface area contributed by atoms with Crippen LogP contribution in [0, 0.1) is 6.92 Å². The first kappa shape index (κ1) is 12.4. The smallest absolute Gasteiger partial charge is 0.327 e. The molecule has 1 aromatic heterocycles. The van der Waals surface area contributed by atoms with Crippen LogP contribution >= 0.6 is 0 Å². The fourth-order valence-electron chi connectivity index (χ4n) is 1.44. The van der Waals surface area contributed by atoms with Crippen LogP contribution in [0.5, 0.6) is 0 Å². The van der Waals surface area contributed by atoms with Crippen LogP contribution in [0.25, 0.3) is 0 Å². The number of rotatable bonds is 5. The van der Waals surface area contributed by atoms with Gasteiger partial charge in [-0.3, -0.25) is 10.00 Å². The monoisotopic (exact) mass is 223 g/mol. The average molecular weight is 223 g/mol. The van der Waals surface area contributed by atoms with Crippen molar-refractivity contribution in [3.05, 3.63) is 30.1 Å². The number of nitrogens with zero attached hydrogens (tertiary/aromatic N) is 2. The summed E-state index contributed by atoms with van der Waals surface area (Å²) in [4.78, 5) is 11.6. The highest BCUT2D eigenvalue weighted by Crippen LogP contribution is 2.17. The van der Waals surface area contributed by atoms with Crippen molar-refractivity contribution < 1.29 is 9.53 Å². The van der Waals surface area contributed by atoms with Crippen molar-refractivity contribution in [2.45, 2.75) is 13.0 Å². The van der Waals surface area contributed by atoms with Gasteiger partial charge >= 0.3 is 5.97 Å². The number of carbonyl (C=O) groups excluding carboxylic acids is 1. The van der Waals surface area contributed by atoms with Crippen molar-refractivity contribution in [2.75, 3.05) is 13.7 Å². The molecule has 0 spiro atoms. The van der Waals surface area contributed by atoms with E-state index >= 15 is 0 Å². The van der Waals surface area contributed by atoms with E-state index < -0.39 is 6.04 Å². The van der Waals surface area contributed by atoms with Crippen LogP contribution in [0.15, 0.2) is 18.9 Å². The Kier molecular flexibility index (Phi) is 4.25. The molecule has 0 saturated heterocycles. The summed E-state index contributed by atoms with van der Waals surface area (Å²) in [7, 11) is 3.21. The fourth-order valence-corrected chi connectivity index (χ4v) is 1.44. The summed E-state index contributed by atoms with van der Waals surface area (Å²) in [6, 6.07) is -0.489. The molecule has 5 nitrogen and oxygen atoms in total. The third kappa shape index (κ3) is 2.49. The van der Waals surface area contributed by atoms with Crippen LogP contribution in [0.1, 0.15) is 17.3 Å². The van der Waals surface area contributed by atoms with Gasteiger partial charge in [-0.05, 0) is 6.92 Å². The van der Waals surface area contributed by atoms with Crippen molar-refractivity contribution in [1.29, 1.82) is 0 Å². The summed E-state index contributed by atoms with van der Waals surface area (Å²) in [5.41, 5.74) is 1.77. The van der Waals surface area contributed by atoms with E-state index in [1.165, 1.54) is 7.11 Å². The molecule has 1 atom stereocenters. The molecule has 88 valence electrons. The second kappa shape index (κ2) is 5.46. The SMILES string of the molecule is C=CCNC(C(=O)OC)c1cnn(C)c1C. The lowest BCUT2D eigenvalue weighted by molar-refractivity contribution is -0.143. The maximum atomic E-state index is 11.6. The normalized spacial score (nSPS) is 12.2. The fraction of sp³-hybridized carbons (Fsp3) is 0.455. The van der Waals surface area contributed by atoms with E-state index in [1.54, 1.807) is 17.0 Å². The Morgan fingerprint density at radius 2 is 2.50 bits per heavy atom. The van der Waals surface area contributed by atoms with Crippen LogP contribution in [-0.4, -0.2) is 29.4 Å². The second-order valence-corrected chi connectivity index (χ2v) is 3.46. The highest BCUT2D eigenvalue weighted by atomic mass is 16.5. The Bertz CT molecular complexity index is 385. The molecule has 1 heterocycles. The van der Waals surface area contributed by atoms with Crippen molar-refractivity contribution in [3.63, 3.8) is 0 Å². The van der Waals surface area contributed by atoms with Crippen LogP contribution in [-0.2, 0) is 16.6 Å². The topological polar surface area (TPSA) is 56.1 Å². The van der Waals surface area contributed by atoms with Gasteiger partial charge < -0.3 is 4.74 Å². The van der Waals surface area contributed by atoms with Crippen molar-refractivity contribution in [2.24, 2.45) is 7.05 Å². The number of aryl methyl sites for hydroxylation is 1. The van der Waals surface area contributed by atoms with Gasteiger partial charge in [-0.2, -0.15) is 5.10 Å². The van der Waals surface area contributed by atoms with E-state index in [4.69, 9.17) is 4.74 Å². The zero-order valence-electron chi connectivity index (χ0n) is 9.86. The molecule has 1 rings (SSSR count). The molecule has 0 radical (unpaired) electrons. The summed E-state index contributed by atoms with van der Waals surface area (Å²) in [5.74, 6) is -0.321. The van der Waals surface area contributed by atoms with Gasteiger partial charge in [-0.1, -0.05) is 6.08 Å². The lowest BCUT2D eigenvalue weighted by atomic mass is 10.1. The Balaban J connectivity index is 2.95. The molecule has 0 aliphatic rings. The summed E-state index contributed by atoms with van der Waals surface area (Å²) in [6.45, 7) is 6.05. The Morgan fingerprint density at radius 3 is 2.94 bits per heavy atom. The summed E-state index contributed by atoms with van der Waals surface area (Å²) >= 11 is 0. The molecule has 0 amide bonds.